The number of benzene rings is 1. The Labute approximate surface area is 123 Å². The summed E-state index contributed by atoms with van der Waals surface area (Å²) in [5, 5.41) is 5.66. The highest BCUT2D eigenvalue weighted by atomic mass is 35.5. The number of urea groups is 1. The van der Waals surface area contributed by atoms with E-state index in [1.54, 1.807) is 6.07 Å². The molecule has 2 amide bonds. The van der Waals surface area contributed by atoms with Crippen molar-refractivity contribution in [3.05, 3.63) is 23.2 Å². The molecule has 0 aliphatic heterocycles. The molecule has 2 rings (SSSR count). The van der Waals surface area contributed by atoms with E-state index < -0.39 is 9.84 Å². The minimum absolute atomic E-state index is 0.00632. The van der Waals surface area contributed by atoms with Gasteiger partial charge in [0.05, 0.1) is 9.92 Å². The standard InChI is InChI=1S/C13H17ClN2O3S/c1-13(6-3-7-13)16-12(17)15-9-4-5-10(14)11(8-9)20(2,18)19/h4-5,8H,3,6-7H2,1-2H3,(H2,15,16,17). The van der Waals surface area contributed by atoms with E-state index in [1.807, 2.05) is 6.92 Å². The molecule has 0 atom stereocenters. The molecule has 20 heavy (non-hydrogen) atoms. The summed E-state index contributed by atoms with van der Waals surface area (Å²) in [6, 6.07) is 4.05. The molecule has 1 aliphatic rings. The Morgan fingerprint density at radius 1 is 1.35 bits per heavy atom. The lowest BCUT2D eigenvalue weighted by Gasteiger charge is -2.39. The Morgan fingerprint density at radius 3 is 2.50 bits per heavy atom. The van der Waals surface area contributed by atoms with Crippen LogP contribution in [0.4, 0.5) is 10.5 Å². The minimum Gasteiger partial charge on any atom is -0.333 e. The predicted molar refractivity (Wildman–Crippen MR) is 79.0 cm³/mol. The van der Waals surface area contributed by atoms with Crippen molar-refractivity contribution in [2.24, 2.45) is 0 Å². The van der Waals surface area contributed by atoms with Crippen molar-refractivity contribution in [2.45, 2.75) is 36.6 Å². The second-order valence-electron chi connectivity index (χ2n) is 5.41. The van der Waals surface area contributed by atoms with Crippen LogP contribution in [0.1, 0.15) is 26.2 Å². The van der Waals surface area contributed by atoms with Crippen LogP contribution in [0.2, 0.25) is 5.02 Å². The molecule has 1 aromatic carbocycles. The summed E-state index contributed by atoms with van der Waals surface area (Å²) < 4.78 is 23.1. The molecule has 1 aromatic rings. The van der Waals surface area contributed by atoms with Gasteiger partial charge in [0.15, 0.2) is 9.84 Å². The van der Waals surface area contributed by atoms with Crippen LogP contribution in [-0.4, -0.2) is 26.2 Å². The SMILES string of the molecule is CC1(NC(=O)Nc2ccc(Cl)c(S(C)(=O)=O)c2)CCC1. The van der Waals surface area contributed by atoms with Crippen LogP contribution >= 0.6 is 11.6 Å². The van der Waals surface area contributed by atoms with Gasteiger partial charge >= 0.3 is 6.03 Å². The molecule has 1 saturated carbocycles. The smallest absolute Gasteiger partial charge is 0.319 e. The molecule has 0 spiro atoms. The second kappa shape index (κ2) is 5.26. The number of hydrogen-bond acceptors (Lipinski definition) is 3. The molecule has 0 aromatic heterocycles. The summed E-state index contributed by atoms with van der Waals surface area (Å²) in [6.45, 7) is 1.99. The first kappa shape index (κ1) is 15.1. The zero-order chi connectivity index (χ0) is 15.0. The maximum Gasteiger partial charge on any atom is 0.319 e. The van der Waals surface area contributed by atoms with Crippen LogP contribution in [0.3, 0.4) is 0 Å². The molecule has 0 heterocycles. The summed E-state index contributed by atoms with van der Waals surface area (Å²) in [4.78, 5) is 11.9. The van der Waals surface area contributed by atoms with Crippen molar-refractivity contribution < 1.29 is 13.2 Å². The fraction of sp³-hybridized carbons (Fsp3) is 0.462. The van der Waals surface area contributed by atoms with Crippen LogP contribution in [0.25, 0.3) is 0 Å². The number of hydrogen-bond donors (Lipinski definition) is 2. The van der Waals surface area contributed by atoms with Gasteiger partial charge in [-0.1, -0.05) is 11.6 Å². The van der Waals surface area contributed by atoms with Crippen LogP contribution in [-0.2, 0) is 9.84 Å². The Morgan fingerprint density at radius 2 is 2.00 bits per heavy atom. The first-order valence-electron chi connectivity index (χ1n) is 6.28. The van der Waals surface area contributed by atoms with E-state index in [0.717, 1.165) is 25.5 Å². The fourth-order valence-corrected chi connectivity index (χ4v) is 3.44. The van der Waals surface area contributed by atoms with E-state index in [4.69, 9.17) is 11.6 Å². The predicted octanol–water partition coefficient (Wildman–Crippen LogP) is 2.81. The Kier molecular flexibility index (Phi) is 3.97. The Balaban J connectivity index is 2.12. The topological polar surface area (TPSA) is 75.3 Å². The van der Waals surface area contributed by atoms with Crippen LogP contribution < -0.4 is 10.6 Å². The molecular formula is C13H17ClN2O3S. The van der Waals surface area contributed by atoms with Gasteiger partial charge in [0.1, 0.15) is 0 Å². The Hall–Kier alpha value is -1.27. The van der Waals surface area contributed by atoms with Crippen molar-refractivity contribution in [3.63, 3.8) is 0 Å². The van der Waals surface area contributed by atoms with Gasteiger partial charge in [0.25, 0.3) is 0 Å². The zero-order valence-corrected chi connectivity index (χ0v) is 12.9. The van der Waals surface area contributed by atoms with Crippen molar-refractivity contribution in [1.82, 2.24) is 5.32 Å². The summed E-state index contributed by atoms with van der Waals surface area (Å²) in [6.07, 6.45) is 4.09. The number of amides is 2. The summed E-state index contributed by atoms with van der Waals surface area (Å²) >= 11 is 5.85. The highest BCUT2D eigenvalue weighted by Gasteiger charge is 2.33. The summed E-state index contributed by atoms with van der Waals surface area (Å²) in [5.41, 5.74) is 0.242. The fourth-order valence-electron chi connectivity index (χ4n) is 2.13. The van der Waals surface area contributed by atoms with E-state index in [9.17, 15) is 13.2 Å². The van der Waals surface area contributed by atoms with Gasteiger partial charge in [-0.05, 0) is 44.4 Å². The summed E-state index contributed by atoms with van der Waals surface area (Å²) in [5.74, 6) is 0. The van der Waals surface area contributed by atoms with Gasteiger partial charge in [0, 0.05) is 17.5 Å². The van der Waals surface area contributed by atoms with Crippen LogP contribution in [0.5, 0.6) is 0 Å². The molecule has 5 nitrogen and oxygen atoms in total. The number of nitrogens with one attached hydrogen (secondary N) is 2. The van der Waals surface area contributed by atoms with E-state index in [1.165, 1.54) is 12.1 Å². The van der Waals surface area contributed by atoms with E-state index in [-0.39, 0.29) is 21.5 Å². The zero-order valence-electron chi connectivity index (χ0n) is 11.4. The minimum atomic E-state index is -3.42. The second-order valence-corrected chi connectivity index (χ2v) is 7.80. The number of carbonyl (C=O) groups excluding carboxylic acids is 1. The normalized spacial score (nSPS) is 17.1. The lowest BCUT2D eigenvalue weighted by Crippen LogP contribution is -2.52. The first-order valence-corrected chi connectivity index (χ1v) is 8.55. The van der Waals surface area contributed by atoms with Gasteiger partial charge in [0.2, 0.25) is 0 Å². The third-order valence-electron chi connectivity index (χ3n) is 3.46. The number of anilines is 1. The van der Waals surface area contributed by atoms with E-state index in [2.05, 4.69) is 10.6 Å². The largest absolute Gasteiger partial charge is 0.333 e. The van der Waals surface area contributed by atoms with Crippen LogP contribution in [0.15, 0.2) is 23.1 Å². The lowest BCUT2D eigenvalue weighted by molar-refractivity contribution is 0.200. The van der Waals surface area contributed by atoms with Gasteiger partial charge < -0.3 is 10.6 Å². The molecule has 7 heteroatoms. The molecule has 0 radical (unpaired) electrons. The molecule has 0 unspecified atom stereocenters. The van der Waals surface area contributed by atoms with Crippen molar-refractivity contribution in [2.75, 3.05) is 11.6 Å². The maximum atomic E-state index is 11.9. The molecular weight excluding hydrogens is 300 g/mol. The molecule has 1 aliphatic carbocycles. The highest BCUT2D eigenvalue weighted by molar-refractivity contribution is 7.90. The van der Waals surface area contributed by atoms with Crippen molar-refractivity contribution in [1.29, 1.82) is 0 Å². The number of carbonyl (C=O) groups is 1. The van der Waals surface area contributed by atoms with Gasteiger partial charge in [-0.3, -0.25) is 0 Å². The highest BCUT2D eigenvalue weighted by Crippen LogP contribution is 2.31. The maximum absolute atomic E-state index is 11.9. The third kappa shape index (κ3) is 3.43. The molecule has 1 fully saturated rings. The average molecular weight is 317 g/mol. The van der Waals surface area contributed by atoms with E-state index >= 15 is 0 Å². The first-order chi connectivity index (χ1) is 9.20. The molecule has 0 saturated heterocycles. The van der Waals surface area contributed by atoms with Gasteiger partial charge in [-0.25, -0.2) is 13.2 Å². The van der Waals surface area contributed by atoms with Crippen molar-refractivity contribution >= 4 is 33.2 Å². The monoisotopic (exact) mass is 316 g/mol. The van der Waals surface area contributed by atoms with Crippen LogP contribution in [0, 0.1) is 0 Å². The third-order valence-corrected chi connectivity index (χ3v) is 5.04. The van der Waals surface area contributed by atoms with E-state index in [0.29, 0.717) is 5.69 Å². The number of rotatable bonds is 3. The molecule has 110 valence electrons. The average Bonchev–Trinajstić information content (AvgIpc) is 2.28. The number of halogens is 1. The molecule has 0 bridgehead atoms. The summed E-state index contributed by atoms with van der Waals surface area (Å²) in [7, 11) is -3.42. The number of sulfone groups is 1. The van der Waals surface area contributed by atoms with Gasteiger partial charge in [-0.2, -0.15) is 0 Å². The lowest BCUT2D eigenvalue weighted by atomic mass is 9.79. The molecule has 2 N–H and O–H groups in total. The quantitative estimate of drug-likeness (QED) is 0.900. The Bertz CT molecular complexity index is 639. The van der Waals surface area contributed by atoms with Gasteiger partial charge in [-0.15, -0.1) is 0 Å². The van der Waals surface area contributed by atoms with Crippen molar-refractivity contribution in [3.8, 4) is 0 Å².